The van der Waals surface area contributed by atoms with Gasteiger partial charge >= 0.3 is 0 Å². The largest absolute Gasteiger partial charge is 0.455 e. The predicted octanol–water partition coefficient (Wildman–Crippen LogP) is 3.12. The second-order valence-electron chi connectivity index (χ2n) is 4.37. The standard InChI is InChI=1S/C12H13N3O2S2/c1-18-6-8-4-5-9(17-8)10(16)13-12-15-14-11(19-12)7-2-3-7/h4-5,7H,2-3,6H2,1H3,(H,13,15,16). The lowest BCUT2D eigenvalue weighted by Crippen LogP contribution is -2.10. The summed E-state index contributed by atoms with van der Waals surface area (Å²) in [6, 6.07) is 3.50. The zero-order valence-corrected chi connectivity index (χ0v) is 12.0. The van der Waals surface area contributed by atoms with Crippen molar-refractivity contribution < 1.29 is 9.21 Å². The number of nitrogens with one attached hydrogen (secondary N) is 1. The molecule has 0 atom stereocenters. The number of furan rings is 1. The maximum Gasteiger partial charge on any atom is 0.293 e. The van der Waals surface area contributed by atoms with Gasteiger partial charge in [-0.25, -0.2) is 0 Å². The van der Waals surface area contributed by atoms with Crippen LogP contribution in [0.25, 0.3) is 0 Å². The Morgan fingerprint density at radius 3 is 3.11 bits per heavy atom. The quantitative estimate of drug-likeness (QED) is 0.918. The minimum atomic E-state index is -0.272. The summed E-state index contributed by atoms with van der Waals surface area (Å²) < 4.78 is 5.45. The molecule has 19 heavy (non-hydrogen) atoms. The van der Waals surface area contributed by atoms with Crippen molar-refractivity contribution in [3.05, 3.63) is 28.7 Å². The van der Waals surface area contributed by atoms with Gasteiger partial charge in [0.15, 0.2) is 5.76 Å². The third-order valence-corrected chi connectivity index (χ3v) is 4.33. The fraction of sp³-hybridized carbons (Fsp3) is 0.417. The van der Waals surface area contributed by atoms with Gasteiger partial charge in [-0.3, -0.25) is 10.1 Å². The molecule has 1 amide bonds. The van der Waals surface area contributed by atoms with E-state index in [0.29, 0.717) is 16.8 Å². The summed E-state index contributed by atoms with van der Waals surface area (Å²) in [5, 5.41) is 12.3. The van der Waals surface area contributed by atoms with Gasteiger partial charge in [0.1, 0.15) is 10.8 Å². The first-order valence-electron chi connectivity index (χ1n) is 5.98. The molecule has 1 aliphatic carbocycles. The molecule has 0 saturated heterocycles. The number of amides is 1. The second kappa shape index (κ2) is 5.34. The van der Waals surface area contributed by atoms with E-state index in [1.807, 2.05) is 12.3 Å². The molecular formula is C12H13N3O2S2. The van der Waals surface area contributed by atoms with Crippen molar-refractivity contribution in [2.75, 3.05) is 11.6 Å². The van der Waals surface area contributed by atoms with E-state index in [1.165, 1.54) is 24.2 Å². The second-order valence-corrected chi connectivity index (χ2v) is 6.25. The first kappa shape index (κ1) is 12.7. The fourth-order valence-corrected chi connectivity index (χ4v) is 3.01. The number of nitrogens with zero attached hydrogens (tertiary/aromatic N) is 2. The fourth-order valence-electron chi connectivity index (χ4n) is 1.66. The number of anilines is 1. The molecule has 0 unspecified atom stereocenters. The molecule has 0 bridgehead atoms. The molecule has 100 valence electrons. The van der Waals surface area contributed by atoms with Crippen molar-refractivity contribution in [3.63, 3.8) is 0 Å². The number of thioether (sulfide) groups is 1. The van der Waals surface area contributed by atoms with Crippen molar-refractivity contribution in [2.45, 2.75) is 24.5 Å². The van der Waals surface area contributed by atoms with Crippen LogP contribution in [-0.4, -0.2) is 22.4 Å². The average Bonchev–Trinajstić information content (AvgIpc) is 2.96. The third kappa shape index (κ3) is 2.98. The SMILES string of the molecule is CSCc1ccc(C(=O)Nc2nnc(C3CC3)s2)o1. The van der Waals surface area contributed by atoms with Crippen LogP contribution in [0, 0.1) is 0 Å². The van der Waals surface area contributed by atoms with Crippen LogP contribution < -0.4 is 5.32 Å². The Balaban J connectivity index is 1.65. The molecule has 7 heteroatoms. The van der Waals surface area contributed by atoms with Crippen LogP contribution in [0.15, 0.2) is 16.5 Å². The molecule has 1 saturated carbocycles. The van der Waals surface area contributed by atoms with Gasteiger partial charge in [-0.15, -0.1) is 10.2 Å². The molecule has 0 spiro atoms. The molecule has 0 radical (unpaired) electrons. The highest BCUT2D eigenvalue weighted by molar-refractivity contribution is 7.97. The van der Waals surface area contributed by atoms with E-state index in [4.69, 9.17) is 4.42 Å². The molecule has 5 nitrogen and oxygen atoms in total. The Bertz CT molecular complexity index is 589. The Morgan fingerprint density at radius 2 is 2.37 bits per heavy atom. The lowest BCUT2D eigenvalue weighted by atomic mass is 10.4. The van der Waals surface area contributed by atoms with E-state index in [-0.39, 0.29) is 5.91 Å². The van der Waals surface area contributed by atoms with Crippen molar-refractivity contribution in [1.82, 2.24) is 10.2 Å². The molecule has 2 aromatic heterocycles. The number of carbonyl (C=O) groups excluding carboxylic acids is 1. The molecular weight excluding hydrogens is 282 g/mol. The summed E-state index contributed by atoms with van der Waals surface area (Å²) in [6.07, 6.45) is 4.35. The molecule has 0 aromatic carbocycles. The summed E-state index contributed by atoms with van der Waals surface area (Å²) in [4.78, 5) is 12.0. The number of hydrogen-bond acceptors (Lipinski definition) is 6. The van der Waals surface area contributed by atoms with Gasteiger partial charge in [0, 0.05) is 5.92 Å². The molecule has 0 aliphatic heterocycles. The smallest absolute Gasteiger partial charge is 0.293 e. The number of aromatic nitrogens is 2. The average molecular weight is 295 g/mol. The van der Waals surface area contributed by atoms with E-state index in [9.17, 15) is 4.79 Å². The van der Waals surface area contributed by atoms with Gasteiger partial charge < -0.3 is 4.42 Å². The monoisotopic (exact) mass is 295 g/mol. The van der Waals surface area contributed by atoms with Crippen LogP contribution in [0.2, 0.25) is 0 Å². The lowest BCUT2D eigenvalue weighted by Gasteiger charge is -1.97. The van der Waals surface area contributed by atoms with Crippen molar-refractivity contribution in [2.24, 2.45) is 0 Å². The molecule has 1 aliphatic rings. The minimum absolute atomic E-state index is 0.272. The highest BCUT2D eigenvalue weighted by Crippen LogP contribution is 2.42. The van der Waals surface area contributed by atoms with Crippen LogP contribution in [0.4, 0.5) is 5.13 Å². The van der Waals surface area contributed by atoms with Gasteiger partial charge in [0.2, 0.25) is 5.13 Å². The highest BCUT2D eigenvalue weighted by Gasteiger charge is 2.27. The summed E-state index contributed by atoms with van der Waals surface area (Å²) in [5.74, 6) is 2.16. The van der Waals surface area contributed by atoms with Crippen molar-refractivity contribution in [1.29, 1.82) is 0 Å². The Labute approximate surface area is 118 Å². The normalized spacial score (nSPS) is 14.6. The summed E-state index contributed by atoms with van der Waals surface area (Å²) in [7, 11) is 0. The van der Waals surface area contributed by atoms with Crippen LogP contribution >= 0.6 is 23.1 Å². The maximum atomic E-state index is 12.0. The minimum Gasteiger partial charge on any atom is -0.455 e. The first-order chi connectivity index (χ1) is 9.26. The maximum absolute atomic E-state index is 12.0. The van der Waals surface area contributed by atoms with E-state index >= 15 is 0 Å². The van der Waals surface area contributed by atoms with Crippen LogP contribution in [0.3, 0.4) is 0 Å². The van der Waals surface area contributed by atoms with Gasteiger partial charge in [0.05, 0.1) is 5.75 Å². The molecule has 2 aromatic rings. The molecule has 1 N–H and O–H groups in total. The Kier molecular flexibility index (Phi) is 3.56. The van der Waals surface area contributed by atoms with Crippen LogP contribution in [-0.2, 0) is 5.75 Å². The van der Waals surface area contributed by atoms with E-state index in [1.54, 1.807) is 17.8 Å². The number of carbonyl (C=O) groups is 1. The van der Waals surface area contributed by atoms with Gasteiger partial charge in [-0.2, -0.15) is 11.8 Å². The molecule has 3 rings (SSSR count). The summed E-state index contributed by atoms with van der Waals surface area (Å²) in [6.45, 7) is 0. The van der Waals surface area contributed by atoms with Crippen molar-refractivity contribution in [3.8, 4) is 0 Å². The summed E-state index contributed by atoms with van der Waals surface area (Å²) >= 11 is 3.10. The van der Waals surface area contributed by atoms with E-state index in [0.717, 1.165) is 16.5 Å². The number of rotatable bonds is 5. The van der Waals surface area contributed by atoms with E-state index in [2.05, 4.69) is 15.5 Å². The zero-order chi connectivity index (χ0) is 13.2. The Hall–Kier alpha value is -1.34. The van der Waals surface area contributed by atoms with Crippen LogP contribution in [0.5, 0.6) is 0 Å². The van der Waals surface area contributed by atoms with Crippen molar-refractivity contribution >= 4 is 34.1 Å². The van der Waals surface area contributed by atoms with Crippen LogP contribution in [0.1, 0.15) is 40.1 Å². The Morgan fingerprint density at radius 1 is 1.53 bits per heavy atom. The highest BCUT2D eigenvalue weighted by atomic mass is 32.2. The first-order valence-corrected chi connectivity index (χ1v) is 8.19. The van der Waals surface area contributed by atoms with Gasteiger partial charge in [0.25, 0.3) is 5.91 Å². The van der Waals surface area contributed by atoms with Gasteiger partial charge in [-0.05, 0) is 31.2 Å². The number of hydrogen-bond donors (Lipinski definition) is 1. The third-order valence-electron chi connectivity index (χ3n) is 2.76. The topological polar surface area (TPSA) is 68.0 Å². The predicted molar refractivity (Wildman–Crippen MR) is 75.8 cm³/mol. The van der Waals surface area contributed by atoms with Gasteiger partial charge in [-0.1, -0.05) is 11.3 Å². The molecule has 1 fully saturated rings. The zero-order valence-electron chi connectivity index (χ0n) is 10.4. The van der Waals surface area contributed by atoms with E-state index < -0.39 is 0 Å². The summed E-state index contributed by atoms with van der Waals surface area (Å²) in [5.41, 5.74) is 0. The lowest BCUT2D eigenvalue weighted by molar-refractivity contribution is 0.0995. The molecule has 2 heterocycles.